The summed E-state index contributed by atoms with van der Waals surface area (Å²) >= 11 is 0. The van der Waals surface area contributed by atoms with Gasteiger partial charge in [0, 0.05) is 16.7 Å². The second-order valence-electron chi connectivity index (χ2n) is 8.98. The van der Waals surface area contributed by atoms with Crippen molar-refractivity contribution in [1.29, 1.82) is 0 Å². The average molecular weight is 418 g/mol. The lowest BCUT2D eigenvalue weighted by molar-refractivity contribution is 0.918. The minimum Gasteiger partial charge on any atom is -0.248 e. The molecule has 0 fully saturated rings. The predicted molar refractivity (Wildman–Crippen MR) is 136 cm³/mol. The second-order valence-corrected chi connectivity index (χ2v) is 13.7. The van der Waals surface area contributed by atoms with Gasteiger partial charge in [0.15, 0.2) is 0 Å². The molecule has 1 nitrogen and oxygen atoms in total. The van der Waals surface area contributed by atoms with E-state index in [4.69, 9.17) is 4.98 Å². The second kappa shape index (κ2) is 8.13. The molecule has 0 amide bonds. The lowest BCUT2D eigenvalue weighted by Crippen LogP contribution is -2.42. The van der Waals surface area contributed by atoms with Crippen molar-refractivity contribution in [3.8, 4) is 0 Å². The number of hydrogen-bond donors (Lipinski definition) is 0. The van der Waals surface area contributed by atoms with Gasteiger partial charge in [-0.25, -0.2) is 4.98 Å². The van der Waals surface area contributed by atoms with Gasteiger partial charge in [0.1, 0.15) is 0 Å². The first-order chi connectivity index (χ1) is 15.1. The van der Waals surface area contributed by atoms with Crippen molar-refractivity contribution in [2.45, 2.75) is 25.1 Å². The SMILES string of the molecule is C[Si](C)(CC(c1ccccc1)c1c2ccccc2nc2ccccc12)c1ccccc1. The molecule has 0 aliphatic rings. The number of nitrogens with zero attached hydrogens (tertiary/aromatic N) is 1. The van der Waals surface area contributed by atoms with Crippen LogP contribution in [0.3, 0.4) is 0 Å². The van der Waals surface area contributed by atoms with Gasteiger partial charge in [0.25, 0.3) is 0 Å². The van der Waals surface area contributed by atoms with E-state index in [-0.39, 0.29) is 0 Å². The van der Waals surface area contributed by atoms with E-state index in [2.05, 4.69) is 122 Å². The van der Waals surface area contributed by atoms with E-state index < -0.39 is 8.07 Å². The fourth-order valence-electron chi connectivity index (χ4n) is 4.84. The standard InChI is InChI=1S/C29H27NSi/c1-31(2,23-15-7-4-8-16-23)21-26(22-13-5-3-6-14-22)29-24-17-9-11-19-27(24)30-28-20-12-10-18-25(28)29/h3-20,26H,21H2,1-2H3. The lowest BCUT2D eigenvalue weighted by atomic mass is 9.87. The van der Waals surface area contributed by atoms with Crippen LogP contribution in [0, 0.1) is 0 Å². The Morgan fingerprint density at radius 3 is 1.68 bits per heavy atom. The molecule has 5 rings (SSSR count). The van der Waals surface area contributed by atoms with Crippen LogP contribution in [0.4, 0.5) is 0 Å². The van der Waals surface area contributed by atoms with Crippen LogP contribution in [-0.2, 0) is 0 Å². The minimum atomic E-state index is -1.70. The highest BCUT2D eigenvalue weighted by Crippen LogP contribution is 2.40. The highest BCUT2D eigenvalue weighted by atomic mass is 28.3. The van der Waals surface area contributed by atoms with Crippen LogP contribution in [0.15, 0.2) is 109 Å². The summed E-state index contributed by atoms with van der Waals surface area (Å²) in [5, 5.41) is 4.06. The number of fused-ring (bicyclic) bond motifs is 2. The van der Waals surface area contributed by atoms with Gasteiger partial charge in [-0.15, -0.1) is 0 Å². The molecule has 0 N–H and O–H groups in total. The lowest BCUT2D eigenvalue weighted by Gasteiger charge is -2.30. The summed E-state index contributed by atoms with van der Waals surface area (Å²) in [4.78, 5) is 4.98. The third-order valence-corrected chi connectivity index (χ3v) is 9.77. The summed E-state index contributed by atoms with van der Waals surface area (Å²) in [6.45, 7) is 5.01. The van der Waals surface area contributed by atoms with Gasteiger partial charge in [-0.2, -0.15) is 0 Å². The Hall–Kier alpha value is -3.23. The summed E-state index contributed by atoms with van der Waals surface area (Å²) in [6, 6.07) is 40.6. The topological polar surface area (TPSA) is 12.9 Å². The van der Waals surface area contributed by atoms with Crippen molar-refractivity contribution >= 4 is 35.1 Å². The molecule has 1 atom stereocenters. The molecule has 0 saturated heterocycles. The maximum Gasteiger partial charge on any atom is 0.0815 e. The Balaban J connectivity index is 1.77. The van der Waals surface area contributed by atoms with Gasteiger partial charge in [-0.3, -0.25) is 0 Å². The van der Waals surface area contributed by atoms with Crippen molar-refractivity contribution in [2.24, 2.45) is 0 Å². The van der Waals surface area contributed by atoms with E-state index in [1.165, 1.54) is 27.1 Å². The van der Waals surface area contributed by atoms with E-state index in [0.29, 0.717) is 5.92 Å². The van der Waals surface area contributed by atoms with Crippen molar-refractivity contribution in [3.05, 3.63) is 120 Å². The van der Waals surface area contributed by atoms with Gasteiger partial charge in [-0.1, -0.05) is 115 Å². The van der Waals surface area contributed by atoms with Gasteiger partial charge in [-0.05, 0) is 29.3 Å². The highest BCUT2D eigenvalue weighted by molar-refractivity contribution is 6.90. The van der Waals surface area contributed by atoms with E-state index in [9.17, 15) is 0 Å². The molecule has 0 saturated carbocycles. The Morgan fingerprint density at radius 1 is 0.613 bits per heavy atom. The summed E-state index contributed by atoms with van der Waals surface area (Å²) in [6.07, 6.45) is 0. The van der Waals surface area contributed by atoms with Crippen LogP contribution in [0.5, 0.6) is 0 Å². The molecular formula is C29H27NSi. The predicted octanol–water partition coefficient (Wildman–Crippen LogP) is 7.14. The van der Waals surface area contributed by atoms with E-state index in [1.807, 2.05) is 0 Å². The number of benzene rings is 4. The van der Waals surface area contributed by atoms with Crippen molar-refractivity contribution < 1.29 is 0 Å². The van der Waals surface area contributed by atoms with Crippen LogP contribution in [0.1, 0.15) is 17.0 Å². The first-order valence-corrected chi connectivity index (χ1v) is 14.2. The molecule has 0 aliphatic carbocycles. The minimum absolute atomic E-state index is 0.320. The third kappa shape index (κ3) is 3.80. The smallest absolute Gasteiger partial charge is 0.0815 e. The molecule has 1 unspecified atom stereocenters. The Kier molecular flexibility index (Phi) is 5.17. The largest absolute Gasteiger partial charge is 0.248 e. The Labute approximate surface area is 185 Å². The van der Waals surface area contributed by atoms with Gasteiger partial charge in [0.2, 0.25) is 0 Å². The van der Waals surface area contributed by atoms with E-state index >= 15 is 0 Å². The summed E-state index contributed by atoms with van der Waals surface area (Å²) in [7, 11) is -1.70. The maximum absolute atomic E-state index is 4.98. The molecule has 0 aliphatic heterocycles. The highest BCUT2D eigenvalue weighted by Gasteiger charge is 2.31. The van der Waals surface area contributed by atoms with Gasteiger partial charge >= 0.3 is 0 Å². The zero-order valence-corrected chi connectivity index (χ0v) is 19.1. The molecule has 5 aromatic rings. The van der Waals surface area contributed by atoms with E-state index in [1.54, 1.807) is 0 Å². The maximum atomic E-state index is 4.98. The molecule has 152 valence electrons. The van der Waals surface area contributed by atoms with Crippen LogP contribution < -0.4 is 5.19 Å². The fourth-order valence-corrected chi connectivity index (χ4v) is 7.63. The molecule has 31 heavy (non-hydrogen) atoms. The van der Waals surface area contributed by atoms with Crippen LogP contribution in [-0.4, -0.2) is 13.1 Å². The fraction of sp³-hybridized carbons (Fsp3) is 0.138. The molecule has 0 radical (unpaired) electrons. The number of rotatable bonds is 5. The number of pyridine rings is 1. The van der Waals surface area contributed by atoms with Crippen LogP contribution in [0.25, 0.3) is 21.8 Å². The molecule has 4 aromatic carbocycles. The zero-order valence-electron chi connectivity index (χ0n) is 18.1. The molecule has 2 heteroatoms. The van der Waals surface area contributed by atoms with Crippen LogP contribution in [0.2, 0.25) is 19.1 Å². The monoisotopic (exact) mass is 417 g/mol. The Morgan fingerprint density at radius 2 is 1.10 bits per heavy atom. The van der Waals surface area contributed by atoms with Crippen molar-refractivity contribution in [3.63, 3.8) is 0 Å². The molecule has 0 spiro atoms. The van der Waals surface area contributed by atoms with Crippen LogP contribution >= 0.6 is 0 Å². The first kappa shape index (κ1) is 19.7. The molecule has 1 heterocycles. The quantitative estimate of drug-likeness (QED) is 0.219. The van der Waals surface area contributed by atoms with Crippen molar-refractivity contribution in [1.82, 2.24) is 4.98 Å². The van der Waals surface area contributed by atoms with Gasteiger partial charge in [0.05, 0.1) is 19.1 Å². The van der Waals surface area contributed by atoms with Crippen molar-refractivity contribution in [2.75, 3.05) is 0 Å². The number of para-hydroxylation sites is 2. The van der Waals surface area contributed by atoms with E-state index in [0.717, 1.165) is 17.1 Å². The zero-order chi connectivity index (χ0) is 21.3. The Bertz CT molecular complexity index is 1270. The molecular weight excluding hydrogens is 390 g/mol. The number of hydrogen-bond acceptors (Lipinski definition) is 1. The summed E-state index contributed by atoms with van der Waals surface area (Å²) in [5.41, 5.74) is 4.97. The molecule has 0 bridgehead atoms. The third-order valence-electron chi connectivity index (χ3n) is 6.45. The summed E-state index contributed by atoms with van der Waals surface area (Å²) < 4.78 is 0. The normalized spacial score (nSPS) is 12.8. The number of aromatic nitrogens is 1. The first-order valence-electron chi connectivity index (χ1n) is 11.0. The average Bonchev–Trinajstić information content (AvgIpc) is 2.82. The summed E-state index contributed by atoms with van der Waals surface area (Å²) in [5.74, 6) is 0.320. The molecule has 1 aromatic heterocycles. The van der Waals surface area contributed by atoms with Gasteiger partial charge < -0.3 is 0 Å².